The molecule has 1 N–H and O–H groups in total. The lowest BCUT2D eigenvalue weighted by Crippen LogP contribution is -2.10. The fourth-order valence-electron chi connectivity index (χ4n) is 3.81. The van der Waals surface area contributed by atoms with Gasteiger partial charge in [0.1, 0.15) is 12.4 Å². The minimum absolute atomic E-state index is 0.00504. The van der Waals surface area contributed by atoms with Crippen molar-refractivity contribution in [3.05, 3.63) is 101 Å². The van der Waals surface area contributed by atoms with E-state index < -0.39 is 15.8 Å². The number of hydrogen-bond acceptors (Lipinski definition) is 6. The smallest absolute Gasteiger partial charge is 0.304 e. The summed E-state index contributed by atoms with van der Waals surface area (Å²) in [7, 11) is -3.52. The number of ether oxygens (including phenoxy) is 1. The van der Waals surface area contributed by atoms with E-state index in [1.807, 2.05) is 60.7 Å². The first-order valence-corrected chi connectivity index (χ1v) is 14.8. The predicted molar refractivity (Wildman–Crippen MR) is 148 cm³/mol. The SMILES string of the molecule is O=C(O)CCSC(CCS(=O)(=O)c1ccc(Cl)cc1)c1cccc(OCc2ccc3ccccc3n2)c1. The zero-order chi connectivity index (χ0) is 26.3. The van der Waals surface area contributed by atoms with Crippen molar-refractivity contribution >= 4 is 50.1 Å². The van der Waals surface area contributed by atoms with E-state index >= 15 is 0 Å². The van der Waals surface area contributed by atoms with Crippen LogP contribution in [0.2, 0.25) is 5.02 Å². The molecule has 192 valence electrons. The van der Waals surface area contributed by atoms with E-state index in [1.165, 1.54) is 23.9 Å². The quantitative estimate of drug-likeness (QED) is 0.211. The summed E-state index contributed by atoms with van der Waals surface area (Å²) >= 11 is 7.33. The zero-order valence-electron chi connectivity index (χ0n) is 19.9. The second-order valence-corrected chi connectivity index (χ2v) is 12.3. The fourth-order valence-corrected chi connectivity index (χ4v) is 6.62. The van der Waals surface area contributed by atoms with Crippen molar-refractivity contribution in [1.82, 2.24) is 4.98 Å². The number of hydrogen-bond donors (Lipinski definition) is 1. The van der Waals surface area contributed by atoms with Crippen molar-refractivity contribution in [2.24, 2.45) is 0 Å². The van der Waals surface area contributed by atoms with E-state index in [-0.39, 0.29) is 28.9 Å². The van der Waals surface area contributed by atoms with E-state index in [0.29, 0.717) is 22.9 Å². The summed E-state index contributed by atoms with van der Waals surface area (Å²) in [6, 6.07) is 25.4. The van der Waals surface area contributed by atoms with E-state index in [9.17, 15) is 13.2 Å². The molecule has 6 nitrogen and oxygen atoms in total. The van der Waals surface area contributed by atoms with Crippen molar-refractivity contribution in [3.8, 4) is 5.75 Å². The van der Waals surface area contributed by atoms with Crippen LogP contribution in [0.4, 0.5) is 0 Å². The number of para-hydroxylation sites is 1. The molecule has 0 aliphatic heterocycles. The molecule has 0 aliphatic carbocycles. The molecule has 0 aliphatic rings. The van der Waals surface area contributed by atoms with Gasteiger partial charge in [0, 0.05) is 21.4 Å². The monoisotopic (exact) mass is 555 g/mol. The number of thioether (sulfide) groups is 1. The van der Waals surface area contributed by atoms with Crippen LogP contribution in [0.3, 0.4) is 0 Å². The summed E-state index contributed by atoms with van der Waals surface area (Å²) in [5, 5.41) is 10.4. The number of carboxylic acid groups (broad SMARTS) is 1. The van der Waals surface area contributed by atoms with Gasteiger partial charge in [-0.2, -0.15) is 11.8 Å². The van der Waals surface area contributed by atoms with Gasteiger partial charge >= 0.3 is 5.97 Å². The number of aliphatic carboxylic acids is 1. The average Bonchev–Trinajstić information content (AvgIpc) is 2.89. The van der Waals surface area contributed by atoms with Crippen LogP contribution in [0.1, 0.15) is 29.3 Å². The van der Waals surface area contributed by atoms with Gasteiger partial charge in [0.15, 0.2) is 9.84 Å². The lowest BCUT2D eigenvalue weighted by Gasteiger charge is -2.18. The molecule has 1 unspecified atom stereocenters. The van der Waals surface area contributed by atoms with Gasteiger partial charge in [-0.1, -0.05) is 48.0 Å². The Morgan fingerprint density at radius 3 is 2.57 bits per heavy atom. The number of aromatic nitrogens is 1. The molecule has 0 saturated heterocycles. The van der Waals surface area contributed by atoms with Gasteiger partial charge in [-0.25, -0.2) is 13.4 Å². The average molecular weight is 556 g/mol. The van der Waals surface area contributed by atoms with E-state index in [1.54, 1.807) is 12.1 Å². The number of halogens is 1. The number of benzene rings is 3. The van der Waals surface area contributed by atoms with Gasteiger partial charge in [-0.15, -0.1) is 0 Å². The number of carboxylic acids is 1. The van der Waals surface area contributed by atoms with Crippen LogP contribution < -0.4 is 4.74 Å². The van der Waals surface area contributed by atoms with Crippen molar-refractivity contribution in [3.63, 3.8) is 0 Å². The first kappa shape index (κ1) is 27.0. The molecule has 9 heteroatoms. The molecule has 1 atom stereocenters. The predicted octanol–water partition coefficient (Wildman–Crippen LogP) is 6.58. The molecule has 0 radical (unpaired) electrons. The number of fused-ring (bicyclic) bond motifs is 1. The maximum absolute atomic E-state index is 12.9. The standard InChI is InChI=1S/C28H26ClNO5S2/c29-22-9-12-25(13-10-22)37(33,34)17-15-27(36-16-14-28(31)32)21-5-3-6-24(18-21)35-19-23-11-8-20-4-1-2-7-26(20)30-23/h1-13,18,27H,14-17,19H2,(H,31,32). The highest BCUT2D eigenvalue weighted by Crippen LogP contribution is 2.35. The highest BCUT2D eigenvalue weighted by atomic mass is 35.5. The van der Waals surface area contributed by atoms with Crippen LogP contribution in [0.15, 0.2) is 89.8 Å². The fraction of sp³-hybridized carbons (Fsp3) is 0.214. The molecule has 37 heavy (non-hydrogen) atoms. The minimum Gasteiger partial charge on any atom is -0.487 e. The van der Waals surface area contributed by atoms with Crippen LogP contribution in [-0.2, 0) is 21.2 Å². The van der Waals surface area contributed by atoms with E-state index in [4.69, 9.17) is 21.4 Å². The van der Waals surface area contributed by atoms with Crippen LogP contribution in [0.25, 0.3) is 10.9 Å². The number of pyridine rings is 1. The Hall–Kier alpha value is -3.07. The van der Waals surface area contributed by atoms with Crippen molar-refractivity contribution in [2.75, 3.05) is 11.5 Å². The van der Waals surface area contributed by atoms with Gasteiger partial charge in [-0.05, 0) is 60.5 Å². The highest BCUT2D eigenvalue weighted by molar-refractivity contribution is 7.99. The van der Waals surface area contributed by atoms with Gasteiger partial charge in [0.25, 0.3) is 0 Å². The van der Waals surface area contributed by atoms with Gasteiger partial charge in [0.2, 0.25) is 0 Å². The van der Waals surface area contributed by atoms with Crippen LogP contribution in [-0.4, -0.2) is 36.0 Å². The number of carbonyl (C=O) groups is 1. The Kier molecular flexibility index (Phi) is 9.08. The van der Waals surface area contributed by atoms with Crippen LogP contribution >= 0.6 is 23.4 Å². The first-order valence-electron chi connectivity index (χ1n) is 11.7. The Labute approximate surface area is 225 Å². The topological polar surface area (TPSA) is 93.6 Å². The molecule has 1 aromatic heterocycles. The number of rotatable bonds is 12. The van der Waals surface area contributed by atoms with Gasteiger partial charge < -0.3 is 9.84 Å². The molecule has 0 amide bonds. The molecular weight excluding hydrogens is 530 g/mol. The molecular formula is C28H26ClNO5S2. The van der Waals surface area contributed by atoms with Gasteiger partial charge in [0.05, 0.1) is 28.3 Å². The summed E-state index contributed by atoms with van der Waals surface area (Å²) < 4.78 is 31.8. The lowest BCUT2D eigenvalue weighted by atomic mass is 10.1. The molecule has 4 aromatic rings. The number of sulfone groups is 1. The van der Waals surface area contributed by atoms with E-state index in [2.05, 4.69) is 4.98 Å². The Bertz CT molecular complexity index is 1480. The van der Waals surface area contributed by atoms with Crippen LogP contribution in [0, 0.1) is 0 Å². The van der Waals surface area contributed by atoms with Crippen molar-refractivity contribution in [2.45, 2.75) is 29.6 Å². The molecule has 0 bridgehead atoms. The second kappa shape index (κ2) is 12.4. The molecule has 0 spiro atoms. The first-order chi connectivity index (χ1) is 17.8. The summed E-state index contributed by atoms with van der Waals surface area (Å²) in [4.78, 5) is 15.9. The number of nitrogens with zero attached hydrogens (tertiary/aromatic N) is 1. The van der Waals surface area contributed by atoms with E-state index in [0.717, 1.165) is 22.2 Å². The maximum atomic E-state index is 12.9. The molecule has 3 aromatic carbocycles. The largest absolute Gasteiger partial charge is 0.487 e. The molecule has 0 saturated carbocycles. The summed E-state index contributed by atoms with van der Waals surface area (Å²) in [6.07, 6.45) is 0.319. The van der Waals surface area contributed by atoms with Gasteiger partial charge in [-0.3, -0.25) is 4.79 Å². The Morgan fingerprint density at radius 2 is 1.78 bits per heavy atom. The third-order valence-electron chi connectivity index (χ3n) is 5.73. The van der Waals surface area contributed by atoms with Crippen LogP contribution in [0.5, 0.6) is 5.75 Å². The second-order valence-electron chi connectivity index (χ2n) is 8.42. The molecule has 0 fully saturated rings. The molecule has 4 rings (SSSR count). The summed E-state index contributed by atoms with van der Waals surface area (Å²) in [5.74, 6) is 0.0373. The Morgan fingerprint density at radius 1 is 1.00 bits per heavy atom. The zero-order valence-corrected chi connectivity index (χ0v) is 22.3. The third-order valence-corrected chi connectivity index (χ3v) is 9.09. The summed E-state index contributed by atoms with van der Waals surface area (Å²) in [5.41, 5.74) is 2.57. The third kappa shape index (κ3) is 7.71. The maximum Gasteiger partial charge on any atom is 0.304 e. The van der Waals surface area contributed by atoms with Crippen molar-refractivity contribution in [1.29, 1.82) is 0 Å². The minimum atomic E-state index is -3.52. The Balaban J connectivity index is 1.47. The normalized spacial score (nSPS) is 12.4. The molecule has 1 heterocycles. The highest BCUT2D eigenvalue weighted by Gasteiger charge is 2.20. The summed E-state index contributed by atoms with van der Waals surface area (Å²) in [6.45, 7) is 0.288. The van der Waals surface area contributed by atoms with Crippen molar-refractivity contribution < 1.29 is 23.1 Å². The lowest BCUT2D eigenvalue weighted by molar-refractivity contribution is -0.136.